The van der Waals surface area contributed by atoms with Gasteiger partial charge in [-0.25, -0.2) is 0 Å². The molecule has 0 atom stereocenters. The molecule has 0 aliphatic heterocycles. The van der Waals surface area contributed by atoms with E-state index in [0.29, 0.717) is 23.6 Å². The van der Waals surface area contributed by atoms with Gasteiger partial charge in [-0.2, -0.15) is 0 Å². The molecule has 0 bridgehead atoms. The molecule has 3 rings (SSSR count). The first kappa shape index (κ1) is 12.3. The quantitative estimate of drug-likeness (QED) is 0.791. The molecule has 3 aromatic heterocycles. The number of fused-ring (bicyclic) bond motifs is 1. The summed E-state index contributed by atoms with van der Waals surface area (Å²) in [6.45, 7) is 2.18. The lowest BCUT2D eigenvalue weighted by atomic mass is 10.1. The van der Waals surface area contributed by atoms with E-state index in [0.717, 1.165) is 10.9 Å². The number of nitrogens with one attached hydrogen (secondary N) is 1. The Hall–Kier alpha value is -2.69. The van der Waals surface area contributed by atoms with Crippen molar-refractivity contribution in [3.05, 3.63) is 59.9 Å². The molecular formula is C15H13N3O2. The van der Waals surface area contributed by atoms with Gasteiger partial charge in [-0.3, -0.25) is 14.8 Å². The maximum Gasteiger partial charge on any atom is 0.253 e. The predicted molar refractivity (Wildman–Crippen MR) is 74.2 cm³/mol. The van der Waals surface area contributed by atoms with Crippen LogP contribution in [0.2, 0.25) is 0 Å². The van der Waals surface area contributed by atoms with Gasteiger partial charge in [-0.1, -0.05) is 0 Å². The lowest BCUT2D eigenvalue weighted by Gasteiger charge is -2.07. The summed E-state index contributed by atoms with van der Waals surface area (Å²) in [4.78, 5) is 20.7. The van der Waals surface area contributed by atoms with Gasteiger partial charge in [0.05, 0.1) is 29.6 Å². The minimum Gasteiger partial charge on any atom is -0.467 e. The van der Waals surface area contributed by atoms with Crippen LogP contribution in [0.4, 0.5) is 0 Å². The van der Waals surface area contributed by atoms with E-state index in [1.54, 1.807) is 24.7 Å². The molecule has 0 radical (unpaired) electrons. The Kier molecular flexibility index (Phi) is 3.16. The summed E-state index contributed by atoms with van der Waals surface area (Å²) in [5.41, 5.74) is 2.08. The molecule has 0 spiro atoms. The normalized spacial score (nSPS) is 10.7. The van der Waals surface area contributed by atoms with Crippen LogP contribution in [0, 0.1) is 6.92 Å². The Balaban J connectivity index is 1.85. The Morgan fingerprint density at radius 3 is 3.10 bits per heavy atom. The van der Waals surface area contributed by atoms with Crippen LogP contribution < -0.4 is 5.32 Å². The highest BCUT2D eigenvalue weighted by Gasteiger charge is 2.11. The maximum atomic E-state index is 12.2. The summed E-state index contributed by atoms with van der Waals surface area (Å²) in [5.74, 6) is 0.545. The first-order chi connectivity index (χ1) is 9.74. The van der Waals surface area contributed by atoms with Crippen molar-refractivity contribution >= 4 is 16.8 Å². The minimum atomic E-state index is -0.169. The number of rotatable bonds is 3. The maximum absolute atomic E-state index is 12.2. The zero-order valence-corrected chi connectivity index (χ0v) is 11.0. The van der Waals surface area contributed by atoms with Crippen molar-refractivity contribution in [2.45, 2.75) is 13.5 Å². The van der Waals surface area contributed by atoms with Crippen molar-refractivity contribution < 1.29 is 9.21 Å². The fourth-order valence-electron chi connectivity index (χ4n) is 2.02. The average molecular weight is 267 g/mol. The number of pyridine rings is 2. The summed E-state index contributed by atoms with van der Waals surface area (Å²) in [7, 11) is 0. The molecule has 0 unspecified atom stereocenters. The van der Waals surface area contributed by atoms with E-state index in [2.05, 4.69) is 15.3 Å². The summed E-state index contributed by atoms with van der Waals surface area (Å²) in [6.07, 6.45) is 4.96. The second kappa shape index (κ2) is 5.13. The van der Waals surface area contributed by atoms with Crippen molar-refractivity contribution in [1.29, 1.82) is 0 Å². The highest BCUT2D eigenvalue weighted by Crippen LogP contribution is 2.15. The molecule has 5 heteroatoms. The smallest absolute Gasteiger partial charge is 0.253 e. The van der Waals surface area contributed by atoms with Crippen molar-refractivity contribution in [1.82, 2.24) is 15.3 Å². The summed E-state index contributed by atoms with van der Waals surface area (Å²) < 4.78 is 5.18. The van der Waals surface area contributed by atoms with Gasteiger partial charge in [0, 0.05) is 17.8 Å². The van der Waals surface area contributed by atoms with Gasteiger partial charge in [-0.15, -0.1) is 0 Å². The van der Waals surface area contributed by atoms with Crippen LogP contribution in [0.15, 0.2) is 47.3 Å². The lowest BCUT2D eigenvalue weighted by Crippen LogP contribution is -2.23. The monoisotopic (exact) mass is 267 g/mol. The minimum absolute atomic E-state index is 0.169. The van der Waals surface area contributed by atoms with Crippen LogP contribution in [0.3, 0.4) is 0 Å². The van der Waals surface area contributed by atoms with E-state index < -0.39 is 0 Å². The van der Waals surface area contributed by atoms with Gasteiger partial charge in [-0.05, 0) is 31.2 Å². The molecular weight excluding hydrogens is 254 g/mol. The van der Waals surface area contributed by atoms with Crippen LogP contribution in [0.25, 0.3) is 10.9 Å². The Morgan fingerprint density at radius 1 is 1.40 bits per heavy atom. The topological polar surface area (TPSA) is 68.0 Å². The van der Waals surface area contributed by atoms with E-state index in [9.17, 15) is 4.79 Å². The Morgan fingerprint density at radius 2 is 2.30 bits per heavy atom. The van der Waals surface area contributed by atoms with E-state index in [1.807, 2.05) is 25.1 Å². The van der Waals surface area contributed by atoms with Crippen molar-refractivity contribution in [3.63, 3.8) is 0 Å². The molecule has 20 heavy (non-hydrogen) atoms. The van der Waals surface area contributed by atoms with Gasteiger partial charge in [0.1, 0.15) is 5.76 Å². The summed E-state index contributed by atoms with van der Waals surface area (Å²) in [5, 5.41) is 3.66. The SMILES string of the molecule is Cc1nc2ccncc2cc1C(=O)NCc1ccco1. The lowest BCUT2D eigenvalue weighted by molar-refractivity contribution is 0.0947. The Bertz CT molecular complexity index is 751. The van der Waals surface area contributed by atoms with E-state index >= 15 is 0 Å². The highest BCUT2D eigenvalue weighted by atomic mass is 16.3. The number of amides is 1. The average Bonchev–Trinajstić information content (AvgIpc) is 2.97. The number of aryl methyl sites for hydroxylation is 1. The molecule has 1 N–H and O–H groups in total. The van der Waals surface area contributed by atoms with Gasteiger partial charge in [0.25, 0.3) is 5.91 Å². The first-order valence-corrected chi connectivity index (χ1v) is 6.26. The molecule has 3 heterocycles. The number of carbonyl (C=O) groups excluding carboxylic acids is 1. The van der Waals surface area contributed by atoms with Crippen LogP contribution in [-0.4, -0.2) is 15.9 Å². The first-order valence-electron chi connectivity index (χ1n) is 6.26. The van der Waals surface area contributed by atoms with Gasteiger partial charge < -0.3 is 9.73 Å². The molecule has 0 aliphatic carbocycles. The van der Waals surface area contributed by atoms with Crippen molar-refractivity contribution in [2.75, 3.05) is 0 Å². The molecule has 0 saturated heterocycles. The molecule has 100 valence electrons. The van der Waals surface area contributed by atoms with Crippen molar-refractivity contribution in [3.8, 4) is 0 Å². The second-order valence-corrected chi connectivity index (χ2v) is 4.45. The van der Waals surface area contributed by atoms with Gasteiger partial charge in [0.2, 0.25) is 0 Å². The molecule has 1 amide bonds. The number of carbonyl (C=O) groups is 1. The molecule has 0 aromatic carbocycles. The third-order valence-corrected chi connectivity index (χ3v) is 3.05. The zero-order valence-electron chi connectivity index (χ0n) is 11.0. The van der Waals surface area contributed by atoms with E-state index in [4.69, 9.17) is 4.42 Å². The third kappa shape index (κ3) is 2.38. The number of hydrogen-bond acceptors (Lipinski definition) is 4. The largest absolute Gasteiger partial charge is 0.467 e. The molecule has 3 aromatic rings. The molecule has 5 nitrogen and oxygen atoms in total. The fraction of sp³-hybridized carbons (Fsp3) is 0.133. The summed E-state index contributed by atoms with van der Waals surface area (Å²) in [6, 6.07) is 7.24. The number of nitrogens with zero attached hydrogens (tertiary/aromatic N) is 2. The van der Waals surface area contributed by atoms with Crippen LogP contribution in [-0.2, 0) is 6.54 Å². The second-order valence-electron chi connectivity index (χ2n) is 4.45. The molecule has 0 aliphatic rings. The number of aromatic nitrogens is 2. The van der Waals surface area contributed by atoms with Crippen LogP contribution in [0.1, 0.15) is 21.8 Å². The Labute approximate surface area is 115 Å². The van der Waals surface area contributed by atoms with E-state index in [1.165, 1.54) is 0 Å². The van der Waals surface area contributed by atoms with Crippen LogP contribution in [0.5, 0.6) is 0 Å². The fourth-order valence-corrected chi connectivity index (χ4v) is 2.02. The number of furan rings is 1. The predicted octanol–water partition coefficient (Wildman–Crippen LogP) is 2.46. The van der Waals surface area contributed by atoms with Gasteiger partial charge in [0.15, 0.2) is 0 Å². The summed E-state index contributed by atoms with van der Waals surface area (Å²) >= 11 is 0. The van der Waals surface area contributed by atoms with E-state index in [-0.39, 0.29) is 5.91 Å². The molecule has 0 saturated carbocycles. The molecule has 0 fully saturated rings. The third-order valence-electron chi connectivity index (χ3n) is 3.05. The highest BCUT2D eigenvalue weighted by molar-refractivity contribution is 5.98. The standard InChI is InChI=1S/C15H13N3O2/c1-10-13(7-11-8-16-5-4-14(11)18-10)15(19)17-9-12-3-2-6-20-12/h2-8H,9H2,1H3,(H,17,19). The number of hydrogen-bond donors (Lipinski definition) is 1. The van der Waals surface area contributed by atoms with Gasteiger partial charge >= 0.3 is 0 Å². The van der Waals surface area contributed by atoms with Crippen molar-refractivity contribution in [2.24, 2.45) is 0 Å². The zero-order chi connectivity index (χ0) is 13.9. The van der Waals surface area contributed by atoms with Crippen LogP contribution >= 0.6 is 0 Å².